The minimum absolute atomic E-state index is 0.488. The van der Waals surface area contributed by atoms with E-state index in [1.54, 1.807) is 7.05 Å². The normalized spacial score (nSPS) is 16.0. The van der Waals surface area contributed by atoms with Crippen LogP contribution in [0.3, 0.4) is 0 Å². The maximum Gasteiger partial charge on any atom is 0.163 e. The average Bonchev–Trinajstić information content (AvgIpc) is 1.98. The summed E-state index contributed by atoms with van der Waals surface area (Å²) in [7, 11) is 1.58. The van der Waals surface area contributed by atoms with Crippen molar-refractivity contribution in [2.75, 3.05) is 7.05 Å². The molecule has 0 N–H and O–H groups in total. The van der Waals surface area contributed by atoms with Gasteiger partial charge in [0.1, 0.15) is 7.05 Å². The molecule has 0 saturated carbocycles. The van der Waals surface area contributed by atoms with Crippen LogP contribution in [0, 0.1) is 11.1 Å². The lowest BCUT2D eigenvalue weighted by atomic mass is 9.96. The van der Waals surface area contributed by atoms with Crippen molar-refractivity contribution in [3.8, 4) is 0 Å². The van der Waals surface area contributed by atoms with E-state index in [2.05, 4.69) is 13.8 Å². The topological polar surface area (TPSA) is 26.1 Å². The van der Waals surface area contributed by atoms with E-state index in [1.807, 2.05) is 6.92 Å². The van der Waals surface area contributed by atoms with E-state index in [0.29, 0.717) is 5.92 Å². The zero-order chi connectivity index (χ0) is 8.85. The molecule has 0 aliphatic heterocycles. The summed E-state index contributed by atoms with van der Waals surface area (Å²) in [6.07, 6.45) is 3.37. The average molecular weight is 157 g/mol. The second-order valence-electron chi connectivity index (χ2n) is 3.03. The van der Waals surface area contributed by atoms with Crippen LogP contribution in [0.1, 0.15) is 40.0 Å². The van der Waals surface area contributed by atoms with Gasteiger partial charge in [0.25, 0.3) is 0 Å². The molecule has 66 valence electrons. The monoisotopic (exact) mass is 157 g/mol. The standard InChI is InChI=1S/C9H19NO/c1-5-7-9(6-2)8(3)10(4)11/h9H,5-7H2,1-4H3. The van der Waals surface area contributed by atoms with E-state index < -0.39 is 0 Å². The quantitative estimate of drug-likeness (QED) is 0.266. The number of hydrogen-bond donors (Lipinski definition) is 0. The largest absolute Gasteiger partial charge is 0.624 e. The second-order valence-corrected chi connectivity index (χ2v) is 3.03. The van der Waals surface area contributed by atoms with Crippen molar-refractivity contribution in [2.45, 2.75) is 40.0 Å². The van der Waals surface area contributed by atoms with E-state index >= 15 is 0 Å². The maximum absolute atomic E-state index is 10.9. The molecule has 2 heteroatoms. The first-order chi connectivity index (χ1) is 5.13. The highest BCUT2D eigenvalue weighted by Gasteiger charge is 2.13. The minimum Gasteiger partial charge on any atom is -0.624 e. The van der Waals surface area contributed by atoms with Crippen LogP contribution in [0.4, 0.5) is 0 Å². The molecule has 2 nitrogen and oxygen atoms in total. The van der Waals surface area contributed by atoms with Crippen molar-refractivity contribution in [1.29, 1.82) is 0 Å². The Morgan fingerprint density at radius 1 is 1.45 bits per heavy atom. The van der Waals surface area contributed by atoms with Crippen molar-refractivity contribution < 1.29 is 4.74 Å². The first-order valence-corrected chi connectivity index (χ1v) is 4.37. The lowest BCUT2D eigenvalue weighted by molar-refractivity contribution is -0.426. The van der Waals surface area contributed by atoms with E-state index in [4.69, 9.17) is 0 Å². The van der Waals surface area contributed by atoms with Crippen molar-refractivity contribution in [3.63, 3.8) is 0 Å². The Morgan fingerprint density at radius 2 is 2.00 bits per heavy atom. The highest BCUT2D eigenvalue weighted by atomic mass is 16.5. The molecule has 1 atom stereocenters. The Balaban J connectivity index is 4.14. The van der Waals surface area contributed by atoms with Gasteiger partial charge < -0.3 is 5.21 Å². The summed E-state index contributed by atoms with van der Waals surface area (Å²) in [5.74, 6) is 0.488. The van der Waals surface area contributed by atoms with Gasteiger partial charge >= 0.3 is 0 Å². The van der Waals surface area contributed by atoms with Crippen LogP contribution in [0.5, 0.6) is 0 Å². The van der Waals surface area contributed by atoms with E-state index in [0.717, 1.165) is 29.7 Å². The van der Waals surface area contributed by atoms with Gasteiger partial charge in [-0.1, -0.05) is 20.3 Å². The van der Waals surface area contributed by atoms with Crippen molar-refractivity contribution in [1.82, 2.24) is 0 Å². The molecular formula is C9H19NO. The molecule has 1 unspecified atom stereocenters. The highest BCUT2D eigenvalue weighted by Crippen LogP contribution is 2.12. The molecule has 0 bridgehead atoms. The van der Waals surface area contributed by atoms with Gasteiger partial charge in [-0.05, 0) is 12.8 Å². The Morgan fingerprint density at radius 3 is 2.27 bits per heavy atom. The molecule has 0 heterocycles. The predicted molar refractivity (Wildman–Crippen MR) is 48.9 cm³/mol. The highest BCUT2D eigenvalue weighted by molar-refractivity contribution is 5.79. The van der Waals surface area contributed by atoms with Crippen molar-refractivity contribution in [2.24, 2.45) is 5.92 Å². The molecule has 11 heavy (non-hydrogen) atoms. The van der Waals surface area contributed by atoms with Crippen LogP contribution in [-0.4, -0.2) is 17.5 Å². The van der Waals surface area contributed by atoms with Crippen LogP contribution in [0.15, 0.2) is 0 Å². The molecular weight excluding hydrogens is 138 g/mol. The predicted octanol–water partition coefficient (Wildman–Crippen LogP) is 2.41. The van der Waals surface area contributed by atoms with Gasteiger partial charge in [-0.2, -0.15) is 0 Å². The molecule has 0 aliphatic carbocycles. The first kappa shape index (κ1) is 10.5. The Kier molecular flexibility index (Phi) is 4.92. The third-order valence-corrected chi connectivity index (χ3v) is 2.22. The van der Waals surface area contributed by atoms with Gasteiger partial charge in [-0.15, -0.1) is 0 Å². The lowest BCUT2D eigenvalue weighted by Gasteiger charge is -2.12. The SMILES string of the molecule is CCCC(CC)C(C)=[N+](C)[O-]. The second kappa shape index (κ2) is 5.16. The maximum atomic E-state index is 10.9. The van der Waals surface area contributed by atoms with Gasteiger partial charge in [-0.3, -0.25) is 0 Å². The van der Waals surface area contributed by atoms with Gasteiger partial charge in [-0.25, -0.2) is 4.74 Å². The van der Waals surface area contributed by atoms with Crippen LogP contribution in [0.25, 0.3) is 0 Å². The summed E-state index contributed by atoms with van der Waals surface area (Å²) in [5.41, 5.74) is 0.967. The van der Waals surface area contributed by atoms with E-state index in [-0.39, 0.29) is 0 Å². The summed E-state index contributed by atoms with van der Waals surface area (Å²) in [6, 6.07) is 0. The molecule has 0 spiro atoms. The summed E-state index contributed by atoms with van der Waals surface area (Å²) < 4.78 is 0.990. The third kappa shape index (κ3) is 3.40. The lowest BCUT2D eigenvalue weighted by Crippen LogP contribution is -2.18. The number of hydroxylamine groups is 1. The molecule has 0 aromatic rings. The summed E-state index contributed by atoms with van der Waals surface area (Å²) in [4.78, 5) is 0. The Hall–Kier alpha value is -0.530. The molecule has 0 radical (unpaired) electrons. The number of rotatable bonds is 4. The molecule has 0 amide bonds. The van der Waals surface area contributed by atoms with Crippen LogP contribution in [0.2, 0.25) is 0 Å². The van der Waals surface area contributed by atoms with Crippen LogP contribution < -0.4 is 0 Å². The fraction of sp³-hybridized carbons (Fsp3) is 0.889. The summed E-state index contributed by atoms with van der Waals surface area (Å²) in [6.45, 7) is 6.21. The smallest absolute Gasteiger partial charge is 0.163 e. The molecule has 0 fully saturated rings. The Bertz CT molecular complexity index is 136. The summed E-state index contributed by atoms with van der Waals surface area (Å²) in [5, 5.41) is 10.9. The van der Waals surface area contributed by atoms with Crippen molar-refractivity contribution in [3.05, 3.63) is 5.21 Å². The zero-order valence-corrected chi connectivity index (χ0v) is 8.05. The molecule has 0 rings (SSSR count). The van der Waals surface area contributed by atoms with Crippen molar-refractivity contribution >= 4 is 5.71 Å². The fourth-order valence-electron chi connectivity index (χ4n) is 1.31. The van der Waals surface area contributed by atoms with Gasteiger partial charge in [0.2, 0.25) is 0 Å². The van der Waals surface area contributed by atoms with E-state index in [9.17, 15) is 5.21 Å². The number of nitrogens with zero attached hydrogens (tertiary/aromatic N) is 1. The van der Waals surface area contributed by atoms with Gasteiger partial charge in [0.15, 0.2) is 5.71 Å². The fourth-order valence-corrected chi connectivity index (χ4v) is 1.31. The van der Waals surface area contributed by atoms with E-state index in [1.165, 1.54) is 0 Å². The zero-order valence-electron chi connectivity index (χ0n) is 8.05. The molecule has 0 aromatic carbocycles. The molecule has 0 aromatic heterocycles. The minimum atomic E-state index is 0.488. The third-order valence-electron chi connectivity index (χ3n) is 2.22. The van der Waals surface area contributed by atoms with Gasteiger partial charge in [0, 0.05) is 12.8 Å². The Labute approximate surface area is 69.5 Å². The molecule has 0 saturated heterocycles. The molecule has 0 aliphatic rings. The first-order valence-electron chi connectivity index (χ1n) is 4.37. The number of hydrogen-bond acceptors (Lipinski definition) is 1. The van der Waals surface area contributed by atoms with Crippen LogP contribution in [-0.2, 0) is 0 Å². The van der Waals surface area contributed by atoms with Gasteiger partial charge in [0.05, 0.1) is 0 Å². The summed E-state index contributed by atoms with van der Waals surface area (Å²) >= 11 is 0. The van der Waals surface area contributed by atoms with Crippen LogP contribution >= 0.6 is 0 Å².